The number of benzene rings is 2. The molecule has 2 aromatic rings. The van der Waals surface area contributed by atoms with Gasteiger partial charge in [0.15, 0.2) is 19.0 Å². The van der Waals surface area contributed by atoms with Gasteiger partial charge in [0, 0.05) is 5.56 Å². The third kappa shape index (κ3) is 3.77. The van der Waals surface area contributed by atoms with Crippen LogP contribution in [0.1, 0.15) is 20.7 Å². The fourth-order valence-corrected chi connectivity index (χ4v) is 2.29. The van der Waals surface area contributed by atoms with Gasteiger partial charge in [0.05, 0.1) is 18.4 Å². The smallest absolute Gasteiger partial charge is 0.337 e. The van der Waals surface area contributed by atoms with E-state index in [1.807, 2.05) is 0 Å². The summed E-state index contributed by atoms with van der Waals surface area (Å²) in [6, 6.07) is 11.1. The molecule has 3 rings (SSSR count). The molecule has 0 saturated heterocycles. The summed E-state index contributed by atoms with van der Waals surface area (Å²) in [7, 11) is 1.30. The Labute approximate surface area is 143 Å². The lowest BCUT2D eigenvalue weighted by Crippen LogP contribution is -2.25. The Hall–Kier alpha value is -3.35. The Morgan fingerprint density at radius 3 is 2.56 bits per heavy atom. The molecule has 7 nitrogen and oxygen atoms in total. The molecule has 0 aromatic heterocycles. The third-order valence-electron chi connectivity index (χ3n) is 3.58. The number of ketones is 1. The van der Waals surface area contributed by atoms with Gasteiger partial charge < -0.3 is 19.5 Å². The molecule has 0 unspecified atom stereocenters. The molecule has 0 aliphatic carbocycles. The Morgan fingerprint density at radius 1 is 1.12 bits per heavy atom. The molecule has 1 heterocycles. The fraction of sp³-hybridized carbons (Fsp3) is 0.167. The zero-order valence-electron chi connectivity index (χ0n) is 13.4. The number of rotatable bonds is 5. The van der Waals surface area contributed by atoms with Crippen molar-refractivity contribution in [3.63, 3.8) is 0 Å². The SMILES string of the molecule is COC(=O)c1ccc(OCC(=O)c2ccc3c(c2)NC(=O)CO3)cc1. The van der Waals surface area contributed by atoms with E-state index in [2.05, 4.69) is 10.1 Å². The predicted octanol–water partition coefficient (Wildman–Crippen LogP) is 2.07. The Kier molecular flexibility index (Phi) is 4.65. The van der Waals surface area contributed by atoms with Gasteiger partial charge in [-0.25, -0.2) is 4.79 Å². The number of Topliss-reactive ketones (excluding diaryl/α,β-unsaturated/α-hetero) is 1. The van der Waals surface area contributed by atoms with Crippen molar-refractivity contribution in [1.29, 1.82) is 0 Å². The summed E-state index contributed by atoms with van der Waals surface area (Å²) >= 11 is 0. The molecule has 0 spiro atoms. The predicted molar refractivity (Wildman–Crippen MR) is 88.2 cm³/mol. The summed E-state index contributed by atoms with van der Waals surface area (Å²) in [4.78, 5) is 34.9. The Bertz CT molecular complexity index is 828. The third-order valence-corrected chi connectivity index (χ3v) is 3.58. The van der Waals surface area contributed by atoms with E-state index in [9.17, 15) is 14.4 Å². The van der Waals surface area contributed by atoms with E-state index in [1.54, 1.807) is 42.5 Å². The van der Waals surface area contributed by atoms with Gasteiger partial charge >= 0.3 is 5.97 Å². The summed E-state index contributed by atoms with van der Waals surface area (Å²) in [5.41, 5.74) is 1.26. The number of fused-ring (bicyclic) bond motifs is 1. The van der Waals surface area contributed by atoms with E-state index < -0.39 is 5.97 Å². The molecule has 25 heavy (non-hydrogen) atoms. The molecule has 7 heteroatoms. The van der Waals surface area contributed by atoms with Crippen molar-refractivity contribution < 1.29 is 28.6 Å². The molecule has 0 bridgehead atoms. The largest absolute Gasteiger partial charge is 0.485 e. The molecule has 0 saturated carbocycles. The first-order chi connectivity index (χ1) is 12.1. The molecule has 1 aliphatic rings. The van der Waals surface area contributed by atoms with Gasteiger partial charge in [0.25, 0.3) is 5.91 Å². The molecular formula is C18H15NO6. The number of carbonyl (C=O) groups excluding carboxylic acids is 3. The lowest BCUT2D eigenvalue weighted by Gasteiger charge is -2.18. The van der Waals surface area contributed by atoms with E-state index in [-0.39, 0.29) is 24.9 Å². The second-order valence-electron chi connectivity index (χ2n) is 5.28. The lowest BCUT2D eigenvalue weighted by atomic mass is 10.1. The first kappa shape index (κ1) is 16.5. The first-order valence-electron chi connectivity index (χ1n) is 7.48. The summed E-state index contributed by atoms with van der Waals surface area (Å²) in [5.74, 6) is 0.0192. The molecule has 1 aliphatic heterocycles. The number of carbonyl (C=O) groups is 3. The molecule has 128 valence electrons. The topological polar surface area (TPSA) is 90.9 Å². The van der Waals surface area contributed by atoms with Crippen molar-refractivity contribution in [1.82, 2.24) is 0 Å². The van der Waals surface area contributed by atoms with E-state index in [0.29, 0.717) is 28.3 Å². The maximum atomic E-state index is 12.3. The standard InChI is InChI=1S/C18H15NO6/c1-23-18(22)11-2-5-13(6-3-11)24-9-15(20)12-4-7-16-14(8-12)19-17(21)10-25-16/h2-8H,9-10H2,1H3,(H,19,21). The highest BCUT2D eigenvalue weighted by atomic mass is 16.5. The van der Waals surface area contributed by atoms with Gasteiger partial charge in [-0.15, -0.1) is 0 Å². The summed E-state index contributed by atoms with van der Waals surface area (Å²) < 4.78 is 15.3. The van der Waals surface area contributed by atoms with Crippen molar-refractivity contribution >= 4 is 23.3 Å². The number of anilines is 1. The van der Waals surface area contributed by atoms with Gasteiger partial charge in [-0.1, -0.05) is 0 Å². The van der Waals surface area contributed by atoms with Crippen LogP contribution in [0.2, 0.25) is 0 Å². The Balaban J connectivity index is 1.64. The van der Waals surface area contributed by atoms with E-state index in [1.165, 1.54) is 7.11 Å². The van der Waals surface area contributed by atoms with Crippen molar-refractivity contribution in [3.8, 4) is 11.5 Å². The summed E-state index contributed by atoms with van der Waals surface area (Å²) in [5, 5.41) is 2.65. The van der Waals surface area contributed by atoms with Crippen molar-refractivity contribution in [2.24, 2.45) is 0 Å². The lowest BCUT2D eigenvalue weighted by molar-refractivity contribution is -0.118. The zero-order valence-corrected chi connectivity index (χ0v) is 13.4. The van der Waals surface area contributed by atoms with Gasteiger partial charge in [0.1, 0.15) is 11.5 Å². The second kappa shape index (κ2) is 7.04. The summed E-state index contributed by atoms with van der Waals surface area (Å²) in [6.07, 6.45) is 0. The average Bonchev–Trinajstić information content (AvgIpc) is 2.65. The van der Waals surface area contributed by atoms with Gasteiger partial charge in [-0.05, 0) is 42.5 Å². The van der Waals surface area contributed by atoms with Crippen LogP contribution in [-0.4, -0.2) is 38.0 Å². The minimum atomic E-state index is -0.444. The Morgan fingerprint density at radius 2 is 1.84 bits per heavy atom. The van der Waals surface area contributed by atoms with Crippen LogP contribution in [0.4, 0.5) is 5.69 Å². The van der Waals surface area contributed by atoms with E-state index in [4.69, 9.17) is 9.47 Å². The molecule has 0 radical (unpaired) electrons. The van der Waals surface area contributed by atoms with Crippen LogP contribution in [0.5, 0.6) is 11.5 Å². The highest BCUT2D eigenvalue weighted by Gasteiger charge is 2.18. The van der Waals surface area contributed by atoms with Crippen LogP contribution in [0, 0.1) is 0 Å². The highest BCUT2D eigenvalue weighted by Crippen LogP contribution is 2.28. The number of hydrogen-bond acceptors (Lipinski definition) is 6. The van der Waals surface area contributed by atoms with Crippen LogP contribution in [0.15, 0.2) is 42.5 Å². The molecule has 1 amide bonds. The van der Waals surface area contributed by atoms with Crippen molar-refractivity contribution in [2.45, 2.75) is 0 Å². The number of methoxy groups -OCH3 is 1. The number of amides is 1. The van der Waals surface area contributed by atoms with Crippen molar-refractivity contribution in [2.75, 3.05) is 25.6 Å². The number of esters is 1. The molecule has 0 atom stereocenters. The molecule has 2 aromatic carbocycles. The van der Waals surface area contributed by atoms with Gasteiger partial charge in [-0.3, -0.25) is 9.59 Å². The maximum absolute atomic E-state index is 12.3. The molecule has 1 N–H and O–H groups in total. The average molecular weight is 341 g/mol. The fourth-order valence-electron chi connectivity index (χ4n) is 2.29. The van der Waals surface area contributed by atoms with Gasteiger partial charge in [0.2, 0.25) is 0 Å². The van der Waals surface area contributed by atoms with Crippen LogP contribution < -0.4 is 14.8 Å². The summed E-state index contributed by atoms with van der Waals surface area (Å²) in [6.45, 7) is -0.212. The van der Waals surface area contributed by atoms with Crippen LogP contribution in [0.3, 0.4) is 0 Å². The van der Waals surface area contributed by atoms with E-state index >= 15 is 0 Å². The minimum absolute atomic E-state index is 0.0367. The quantitative estimate of drug-likeness (QED) is 0.661. The zero-order chi connectivity index (χ0) is 17.8. The maximum Gasteiger partial charge on any atom is 0.337 e. The number of hydrogen-bond donors (Lipinski definition) is 1. The van der Waals surface area contributed by atoms with E-state index in [0.717, 1.165) is 0 Å². The van der Waals surface area contributed by atoms with Crippen LogP contribution >= 0.6 is 0 Å². The second-order valence-corrected chi connectivity index (χ2v) is 5.28. The number of nitrogens with one attached hydrogen (secondary N) is 1. The molecular weight excluding hydrogens is 326 g/mol. The van der Waals surface area contributed by atoms with Crippen LogP contribution in [0.25, 0.3) is 0 Å². The highest BCUT2D eigenvalue weighted by molar-refractivity contribution is 6.01. The van der Waals surface area contributed by atoms with Crippen molar-refractivity contribution in [3.05, 3.63) is 53.6 Å². The van der Waals surface area contributed by atoms with Crippen LogP contribution in [-0.2, 0) is 9.53 Å². The monoisotopic (exact) mass is 341 g/mol. The minimum Gasteiger partial charge on any atom is -0.485 e. The normalized spacial score (nSPS) is 12.4. The molecule has 0 fully saturated rings. The first-order valence-corrected chi connectivity index (χ1v) is 7.48. The van der Waals surface area contributed by atoms with Gasteiger partial charge in [-0.2, -0.15) is 0 Å². The number of ether oxygens (including phenoxy) is 3.